The Morgan fingerprint density at radius 3 is 2.71 bits per heavy atom. The number of rotatable bonds is 3. The van der Waals surface area contributed by atoms with Crippen molar-refractivity contribution in [1.82, 2.24) is 4.98 Å². The van der Waals surface area contributed by atoms with Crippen LogP contribution in [0.4, 0.5) is 16.5 Å². The van der Waals surface area contributed by atoms with E-state index in [-0.39, 0.29) is 0 Å². The fraction of sp³-hybridized carbons (Fsp3) is 0.375. The molecule has 0 amide bonds. The lowest BCUT2D eigenvalue weighted by atomic mass is 10.2. The number of likely N-dealkylation sites (N-methyl/N-ethyl adjacent to an activating group) is 1. The number of carbonyl (C=O) groups is 1. The number of aldehydes is 1. The summed E-state index contributed by atoms with van der Waals surface area (Å²) < 4.78 is 0. The third-order valence-electron chi connectivity index (χ3n) is 4.21. The first-order valence-electron chi connectivity index (χ1n) is 7.31. The van der Waals surface area contributed by atoms with Gasteiger partial charge in [0.2, 0.25) is 0 Å². The molecule has 2 aromatic rings. The number of carbonyl (C=O) groups excluding carboxylic acids is 1. The lowest BCUT2D eigenvalue weighted by Crippen LogP contribution is -2.36. The summed E-state index contributed by atoms with van der Waals surface area (Å²) in [4.78, 5) is 21.4. The molecule has 0 saturated heterocycles. The van der Waals surface area contributed by atoms with Crippen LogP contribution in [0.1, 0.15) is 34.1 Å². The van der Waals surface area contributed by atoms with Crippen LogP contribution in [0.25, 0.3) is 0 Å². The topological polar surface area (TPSA) is 36.4 Å². The average molecular weight is 299 g/mol. The molecule has 1 aromatic heterocycles. The molecule has 2 aliphatic rings. The van der Waals surface area contributed by atoms with Gasteiger partial charge >= 0.3 is 0 Å². The molecule has 1 fully saturated rings. The van der Waals surface area contributed by atoms with E-state index in [1.165, 1.54) is 35.6 Å². The summed E-state index contributed by atoms with van der Waals surface area (Å²) in [5, 5.41) is 0.958. The van der Waals surface area contributed by atoms with Gasteiger partial charge in [-0.1, -0.05) is 23.5 Å². The van der Waals surface area contributed by atoms with E-state index in [0.717, 1.165) is 35.1 Å². The van der Waals surface area contributed by atoms with E-state index in [1.807, 2.05) is 0 Å². The van der Waals surface area contributed by atoms with E-state index in [2.05, 4.69) is 41.1 Å². The maximum Gasteiger partial charge on any atom is 0.190 e. The Morgan fingerprint density at radius 1 is 1.24 bits per heavy atom. The molecule has 5 heteroatoms. The Labute approximate surface area is 128 Å². The molecule has 1 saturated carbocycles. The normalized spacial score (nSPS) is 17.8. The number of anilines is 3. The highest BCUT2D eigenvalue weighted by Gasteiger charge is 2.31. The van der Waals surface area contributed by atoms with Gasteiger partial charge in [0.15, 0.2) is 11.4 Å². The van der Waals surface area contributed by atoms with E-state index in [1.54, 1.807) is 0 Å². The van der Waals surface area contributed by atoms with Crippen molar-refractivity contribution in [3.05, 3.63) is 34.8 Å². The van der Waals surface area contributed by atoms with Crippen molar-refractivity contribution in [1.29, 1.82) is 0 Å². The van der Waals surface area contributed by atoms with Gasteiger partial charge in [-0.15, -0.1) is 0 Å². The average Bonchev–Trinajstić information content (AvgIpc) is 3.28. The molecule has 4 nitrogen and oxygen atoms in total. The lowest BCUT2D eigenvalue weighted by Gasteiger charge is -2.35. The van der Waals surface area contributed by atoms with Crippen LogP contribution in [0, 0.1) is 0 Å². The van der Waals surface area contributed by atoms with E-state index in [0.29, 0.717) is 5.92 Å². The molecule has 0 N–H and O–H groups in total. The third-order valence-corrected chi connectivity index (χ3v) is 5.23. The minimum atomic E-state index is 0.512. The molecule has 1 aliphatic carbocycles. The van der Waals surface area contributed by atoms with Crippen LogP contribution in [0.3, 0.4) is 0 Å². The van der Waals surface area contributed by atoms with Gasteiger partial charge in [-0.2, -0.15) is 0 Å². The van der Waals surface area contributed by atoms with Crippen LogP contribution in [0.2, 0.25) is 0 Å². The minimum absolute atomic E-state index is 0.512. The molecule has 2 heterocycles. The zero-order chi connectivity index (χ0) is 14.4. The van der Waals surface area contributed by atoms with Crippen LogP contribution in [0.5, 0.6) is 0 Å². The fourth-order valence-electron chi connectivity index (χ4n) is 2.89. The Morgan fingerprint density at radius 2 is 2.00 bits per heavy atom. The van der Waals surface area contributed by atoms with Gasteiger partial charge in [-0.05, 0) is 25.0 Å². The Kier molecular flexibility index (Phi) is 2.96. The predicted octanol–water partition coefficient (Wildman–Crippen LogP) is 3.42. The second kappa shape index (κ2) is 4.84. The summed E-state index contributed by atoms with van der Waals surface area (Å²) in [5.74, 6) is 0.512. The van der Waals surface area contributed by atoms with E-state index < -0.39 is 0 Å². The van der Waals surface area contributed by atoms with Crippen molar-refractivity contribution < 1.29 is 4.79 Å². The summed E-state index contributed by atoms with van der Waals surface area (Å²) in [5.41, 5.74) is 3.42. The number of para-hydroxylation sites is 2. The van der Waals surface area contributed by atoms with Gasteiger partial charge in [0.05, 0.1) is 21.9 Å². The lowest BCUT2D eigenvalue weighted by molar-refractivity contribution is 0.112. The molecule has 21 heavy (non-hydrogen) atoms. The monoisotopic (exact) mass is 299 g/mol. The molecular weight excluding hydrogens is 282 g/mol. The fourth-order valence-corrected chi connectivity index (χ4v) is 3.89. The molecule has 1 aromatic carbocycles. The third kappa shape index (κ3) is 2.12. The van der Waals surface area contributed by atoms with Crippen LogP contribution >= 0.6 is 11.3 Å². The standard InChI is InChI=1S/C16H17N3OS/c1-18-8-9-19(13-5-3-2-4-12(13)18)16-17-15(11-6-7-11)14(10-20)21-16/h2-5,10-11H,6-9H2,1H3. The largest absolute Gasteiger partial charge is 0.371 e. The SMILES string of the molecule is CN1CCN(c2nc(C3CC3)c(C=O)s2)c2ccccc21. The summed E-state index contributed by atoms with van der Waals surface area (Å²) in [6, 6.07) is 8.38. The Bertz CT molecular complexity index is 693. The van der Waals surface area contributed by atoms with Gasteiger partial charge < -0.3 is 9.80 Å². The first-order chi connectivity index (χ1) is 10.3. The van der Waals surface area contributed by atoms with Crippen molar-refractivity contribution in [2.75, 3.05) is 29.9 Å². The summed E-state index contributed by atoms with van der Waals surface area (Å²) in [6.07, 6.45) is 3.31. The van der Waals surface area contributed by atoms with Gasteiger partial charge in [0, 0.05) is 26.1 Å². The van der Waals surface area contributed by atoms with Gasteiger partial charge in [0.25, 0.3) is 0 Å². The van der Waals surface area contributed by atoms with Gasteiger partial charge in [-0.25, -0.2) is 4.98 Å². The van der Waals surface area contributed by atoms with Crippen LogP contribution in [-0.2, 0) is 0 Å². The molecule has 108 valence electrons. The second-order valence-corrected chi connectivity index (χ2v) is 6.71. The zero-order valence-corrected chi connectivity index (χ0v) is 12.8. The van der Waals surface area contributed by atoms with Crippen molar-refractivity contribution in [3.8, 4) is 0 Å². The highest BCUT2D eigenvalue weighted by atomic mass is 32.1. The number of hydrogen-bond acceptors (Lipinski definition) is 5. The Hall–Kier alpha value is -1.88. The number of aromatic nitrogens is 1. The summed E-state index contributed by atoms with van der Waals surface area (Å²) in [6.45, 7) is 1.87. The summed E-state index contributed by atoms with van der Waals surface area (Å²) >= 11 is 1.53. The quantitative estimate of drug-likeness (QED) is 0.814. The molecular formula is C16H17N3OS. The van der Waals surface area contributed by atoms with Crippen molar-refractivity contribution in [2.45, 2.75) is 18.8 Å². The molecule has 0 radical (unpaired) electrons. The number of benzene rings is 1. The van der Waals surface area contributed by atoms with Crippen LogP contribution in [-0.4, -0.2) is 31.4 Å². The van der Waals surface area contributed by atoms with Gasteiger partial charge in [0.1, 0.15) is 0 Å². The minimum Gasteiger partial charge on any atom is -0.371 e. The molecule has 0 atom stereocenters. The predicted molar refractivity (Wildman–Crippen MR) is 86.2 cm³/mol. The van der Waals surface area contributed by atoms with Gasteiger partial charge in [-0.3, -0.25) is 4.79 Å². The van der Waals surface area contributed by atoms with Crippen LogP contribution in [0.15, 0.2) is 24.3 Å². The Balaban J connectivity index is 1.77. The molecule has 0 bridgehead atoms. The van der Waals surface area contributed by atoms with Crippen molar-refractivity contribution >= 4 is 34.1 Å². The smallest absolute Gasteiger partial charge is 0.190 e. The maximum atomic E-state index is 11.3. The van der Waals surface area contributed by atoms with Crippen molar-refractivity contribution in [2.24, 2.45) is 0 Å². The molecule has 0 unspecified atom stereocenters. The summed E-state index contributed by atoms with van der Waals surface area (Å²) in [7, 11) is 2.12. The highest BCUT2D eigenvalue weighted by molar-refractivity contribution is 7.17. The second-order valence-electron chi connectivity index (χ2n) is 5.70. The number of thiazole rings is 1. The molecule has 4 rings (SSSR count). The van der Waals surface area contributed by atoms with E-state index in [9.17, 15) is 4.79 Å². The number of hydrogen-bond donors (Lipinski definition) is 0. The first kappa shape index (κ1) is 12.8. The molecule has 0 spiro atoms. The van der Waals surface area contributed by atoms with E-state index >= 15 is 0 Å². The van der Waals surface area contributed by atoms with E-state index in [4.69, 9.17) is 4.98 Å². The highest BCUT2D eigenvalue weighted by Crippen LogP contribution is 2.45. The zero-order valence-electron chi connectivity index (χ0n) is 12.0. The maximum absolute atomic E-state index is 11.3. The number of nitrogens with zero attached hydrogens (tertiary/aromatic N) is 3. The van der Waals surface area contributed by atoms with Crippen LogP contribution < -0.4 is 9.80 Å². The molecule has 1 aliphatic heterocycles. The number of fused-ring (bicyclic) bond motifs is 1. The van der Waals surface area contributed by atoms with Crippen molar-refractivity contribution in [3.63, 3.8) is 0 Å². The first-order valence-corrected chi connectivity index (χ1v) is 8.13.